The van der Waals surface area contributed by atoms with Crippen LogP contribution in [0, 0.1) is 0 Å². The fourth-order valence-corrected chi connectivity index (χ4v) is 3.68. The van der Waals surface area contributed by atoms with E-state index in [9.17, 15) is 22.8 Å². The summed E-state index contributed by atoms with van der Waals surface area (Å²) in [6.07, 6.45) is -4.56. The van der Waals surface area contributed by atoms with Gasteiger partial charge in [0.2, 0.25) is 0 Å². The standard InChI is InChI=1S/C25H20F3N3O4/c1-31-22(14-6-4-7-15(12-14)25(26,27)28)30-21-17(8-5-9-18(21)24(31)33)23(32)29-16-10-11-19(34-2)20(13-16)35-3/h4-13H,1-3H3,(H,29,32). The second-order valence-corrected chi connectivity index (χ2v) is 7.60. The zero-order valence-corrected chi connectivity index (χ0v) is 18.9. The van der Waals surface area contributed by atoms with Gasteiger partial charge in [0.1, 0.15) is 5.82 Å². The number of carbonyl (C=O) groups is 1. The van der Waals surface area contributed by atoms with E-state index in [4.69, 9.17) is 9.47 Å². The highest BCUT2D eigenvalue weighted by molar-refractivity contribution is 6.12. The van der Waals surface area contributed by atoms with Crippen LogP contribution < -0.4 is 20.3 Å². The number of anilines is 1. The maximum absolute atomic E-state index is 13.2. The number of rotatable bonds is 5. The normalized spacial score (nSPS) is 11.4. The van der Waals surface area contributed by atoms with Crippen LogP contribution in [0.1, 0.15) is 15.9 Å². The molecule has 1 amide bonds. The van der Waals surface area contributed by atoms with Gasteiger partial charge in [-0.1, -0.05) is 18.2 Å². The molecule has 0 spiro atoms. The summed E-state index contributed by atoms with van der Waals surface area (Å²) in [7, 11) is 4.37. The lowest BCUT2D eigenvalue weighted by atomic mass is 10.1. The minimum absolute atomic E-state index is 0.0000308. The van der Waals surface area contributed by atoms with E-state index in [1.165, 1.54) is 45.5 Å². The van der Waals surface area contributed by atoms with Crippen LogP contribution in [0.5, 0.6) is 11.5 Å². The molecule has 0 radical (unpaired) electrons. The number of aromatic nitrogens is 2. The largest absolute Gasteiger partial charge is 0.493 e. The summed E-state index contributed by atoms with van der Waals surface area (Å²) in [5.41, 5.74) is -0.709. The van der Waals surface area contributed by atoms with Crippen molar-refractivity contribution in [2.75, 3.05) is 19.5 Å². The summed E-state index contributed by atoms with van der Waals surface area (Å²) in [6.45, 7) is 0. The van der Waals surface area contributed by atoms with E-state index in [2.05, 4.69) is 10.3 Å². The first-order valence-corrected chi connectivity index (χ1v) is 10.3. The van der Waals surface area contributed by atoms with Crippen molar-refractivity contribution in [3.63, 3.8) is 0 Å². The molecule has 0 fully saturated rings. The fourth-order valence-electron chi connectivity index (χ4n) is 3.68. The molecule has 0 saturated heterocycles. The zero-order valence-electron chi connectivity index (χ0n) is 18.9. The van der Waals surface area contributed by atoms with Crippen LogP contribution >= 0.6 is 0 Å². The molecule has 35 heavy (non-hydrogen) atoms. The number of ether oxygens (including phenoxy) is 2. The Morgan fingerprint density at radius 2 is 1.69 bits per heavy atom. The number of para-hydroxylation sites is 1. The van der Waals surface area contributed by atoms with E-state index < -0.39 is 23.2 Å². The molecule has 0 unspecified atom stereocenters. The van der Waals surface area contributed by atoms with Gasteiger partial charge < -0.3 is 14.8 Å². The van der Waals surface area contributed by atoms with Crippen LogP contribution in [0.4, 0.5) is 18.9 Å². The number of hydrogen-bond donors (Lipinski definition) is 1. The van der Waals surface area contributed by atoms with Gasteiger partial charge in [0.05, 0.1) is 36.2 Å². The number of methoxy groups -OCH3 is 2. The SMILES string of the molecule is COc1ccc(NC(=O)c2cccc3c(=O)n(C)c(-c4cccc(C(F)(F)F)c4)nc23)cc1OC. The van der Waals surface area contributed by atoms with E-state index in [1.807, 2.05) is 0 Å². The average Bonchev–Trinajstić information content (AvgIpc) is 2.85. The maximum Gasteiger partial charge on any atom is 0.416 e. The van der Waals surface area contributed by atoms with Crippen LogP contribution in [-0.2, 0) is 13.2 Å². The van der Waals surface area contributed by atoms with Crippen LogP contribution in [0.3, 0.4) is 0 Å². The number of benzene rings is 3. The molecule has 1 N–H and O–H groups in total. The number of nitrogens with zero attached hydrogens (tertiary/aromatic N) is 2. The minimum Gasteiger partial charge on any atom is -0.493 e. The summed E-state index contributed by atoms with van der Waals surface area (Å²) >= 11 is 0. The molecule has 0 aliphatic carbocycles. The Kier molecular flexibility index (Phi) is 6.21. The number of nitrogens with one attached hydrogen (secondary N) is 1. The predicted molar refractivity (Wildman–Crippen MR) is 125 cm³/mol. The lowest BCUT2D eigenvalue weighted by Gasteiger charge is -2.14. The van der Waals surface area contributed by atoms with Gasteiger partial charge in [-0.05, 0) is 36.4 Å². The van der Waals surface area contributed by atoms with E-state index in [-0.39, 0.29) is 27.9 Å². The predicted octanol–water partition coefficient (Wildman–Crippen LogP) is 4.89. The molecule has 1 aromatic heterocycles. The van der Waals surface area contributed by atoms with Crippen molar-refractivity contribution < 1.29 is 27.4 Å². The lowest BCUT2D eigenvalue weighted by Crippen LogP contribution is -2.22. The van der Waals surface area contributed by atoms with Crippen LogP contribution in [0.2, 0.25) is 0 Å². The molecule has 3 aromatic carbocycles. The van der Waals surface area contributed by atoms with E-state index in [1.54, 1.807) is 24.3 Å². The molecule has 180 valence electrons. The molecule has 0 aliphatic rings. The van der Waals surface area contributed by atoms with Gasteiger partial charge in [0.25, 0.3) is 11.5 Å². The van der Waals surface area contributed by atoms with Crippen molar-refractivity contribution in [2.24, 2.45) is 7.05 Å². The molecule has 10 heteroatoms. The van der Waals surface area contributed by atoms with Gasteiger partial charge in [-0.15, -0.1) is 0 Å². The van der Waals surface area contributed by atoms with Gasteiger partial charge in [0, 0.05) is 24.4 Å². The smallest absolute Gasteiger partial charge is 0.416 e. The summed E-state index contributed by atoms with van der Waals surface area (Å²) < 4.78 is 51.3. The third-order valence-corrected chi connectivity index (χ3v) is 5.44. The Morgan fingerprint density at radius 1 is 0.971 bits per heavy atom. The zero-order chi connectivity index (χ0) is 25.3. The molecule has 0 atom stereocenters. The van der Waals surface area contributed by atoms with Crippen LogP contribution in [0.15, 0.2) is 65.5 Å². The van der Waals surface area contributed by atoms with Gasteiger partial charge in [0.15, 0.2) is 11.5 Å². The molecule has 4 aromatic rings. The number of carbonyl (C=O) groups excluding carboxylic acids is 1. The molecule has 0 saturated carbocycles. The fraction of sp³-hybridized carbons (Fsp3) is 0.160. The van der Waals surface area contributed by atoms with E-state index in [0.29, 0.717) is 17.2 Å². The first-order chi connectivity index (χ1) is 16.6. The maximum atomic E-state index is 13.2. The van der Waals surface area contributed by atoms with Crippen molar-refractivity contribution in [3.8, 4) is 22.9 Å². The molecule has 4 rings (SSSR count). The average molecular weight is 483 g/mol. The van der Waals surface area contributed by atoms with Gasteiger partial charge in [-0.2, -0.15) is 13.2 Å². The molecule has 7 nitrogen and oxygen atoms in total. The molecular weight excluding hydrogens is 463 g/mol. The number of fused-ring (bicyclic) bond motifs is 1. The highest BCUT2D eigenvalue weighted by atomic mass is 19.4. The number of hydrogen-bond acceptors (Lipinski definition) is 5. The van der Waals surface area contributed by atoms with Crippen molar-refractivity contribution >= 4 is 22.5 Å². The summed E-state index contributed by atoms with van der Waals surface area (Å²) in [5.74, 6) is 0.326. The first kappa shape index (κ1) is 23.8. The highest BCUT2D eigenvalue weighted by Gasteiger charge is 2.31. The van der Waals surface area contributed by atoms with E-state index >= 15 is 0 Å². The van der Waals surface area contributed by atoms with Gasteiger partial charge in [-0.25, -0.2) is 4.98 Å². The van der Waals surface area contributed by atoms with E-state index in [0.717, 1.165) is 16.7 Å². The number of halogens is 3. The second-order valence-electron chi connectivity index (χ2n) is 7.60. The summed E-state index contributed by atoms with van der Waals surface area (Å²) in [5, 5.41) is 2.88. The topological polar surface area (TPSA) is 82.5 Å². The Morgan fingerprint density at radius 3 is 2.37 bits per heavy atom. The van der Waals surface area contributed by atoms with Crippen molar-refractivity contribution in [1.82, 2.24) is 9.55 Å². The molecule has 1 heterocycles. The first-order valence-electron chi connectivity index (χ1n) is 10.3. The Labute approximate surface area is 197 Å². The summed E-state index contributed by atoms with van der Waals surface area (Å²) in [6, 6.07) is 13.9. The minimum atomic E-state index is -4.56. The number of amides is 1. The quantitative estimate of drug-likeness (QED) is 0.437. The van der Waals surface area contributed by atoms with Gasteiger partial charge in [-0.3, -0.25) is 14.2 Å². The second kappa shape index (κ2) is 9.13. The van der Waals surface area contributed by atoms with Crippen LogP contribution in [-0.4, -0.2) is 29.7 Å². The van der Waals surface area contributed by atoms with Crippen LogP contribution in [0.25, 0.3) is 22.3 Å². The Hall–Kier alpha value is -4.34. The van der Waals surface area contributed by atoms with Crippen molar-refractivity contribution in [1.29, 1.82) is 0 Å². The Bertz CT molecular complexity index is 1500. The molecular formula is C25H20F3N3O4. The molecule has 0 aliphatic heterocycles. The van der Waals surface area contributed by atoms with Crippen molar-refractivity contribution in [3.05, 3.63) is 82.1 Å². The monoisotopic (exact) mass is 483 g/mol. The van der Waals surface area contributed by atoms with Gasteiger partial charge >= 0.3 is 6.18 Å². The number of alkyl halides is 3. The Balaban J connectivity index is 1.82. The lowest BCUT2D eigenvalue weighted by molar-refractivity contribution is -0.137. The van der Waals surface area contributed by atoms with Crippen molar-refractivity contribution in [2.45, 2.75) is 6.18 Å². The third kappa shape index (κ3) is 4.54. The molecule has 0 bridgehead atoms. The highest BCUT2D eigenvalue weighted by Crippen LogP contribution is 2.32. The third-order valence-electron chi connectivity index (χ3n) is 5.44. The summed E-state index contributed by atoms with van der Waals surface area (Å²) in [4.78, 5) is 30.6.